The van der Waals surface area contributed by atoms with E-state index < -0.39 is 0 Å². The van der Waals surface area contributed by atoms with Crippen LogP contribution in [-0.4, -0.2) is 36.3 Å². The Morgan fingerprint density at radius 3 is 2.52 bits per heavy atom. The molecule has 0 bridgehead atoms. The van der Waals surface area contributed by atoms with Crippen molar-refractivity contribution in [2.24, 2.45) is 11.8 Å². The molecule has 2 atom stereocenters. The number of nitrogens with zero attached hydrogens (tertiary/aromatic N) is 2. The highest BCUT2D eigenvalue weighted by Crippen LogP contribution is 2.43. The van der Waals surface area contributed by atoms with Crippen LogP contribution in [0.2, 0.25) is 0 Å². The molecule has 4 nitrogen and oxygen atoms in total. The maximum Gasteiger partial charge on any atom is 0.225 e. The first-order valence-electron chi connectivity index (χ1n) is 7.65. The topological polar surface area (TPSA) is 40.6 Å². The highest BCUT2D eigenvalue weighted by molar-refractivity contribution is 5.93. The van der Waals surface area contributed by atoms with Crippen molar-refractivity contribution in [3.8, 4) is 0 Å². The van der Waals surface area contributed by atoms with Crippen LogP contribution in [0.3, 0.4) is 0 Å². The molecule has 1 aromatic rings. The predicted molar refractivity (Wildman–Crippen MR) is 82.1 cm³/mol. The van der Waals surface area contributed by atoms with Gasteiger partial charge in [-0.2, -0.15) is 0 Å². The summed E-state index contributed by atoms with van der Waals surface area (Å²) in [5, 5.41) is 0. The van der Waals surface area contributed by atoms with E-state index >= 15 is 0 Å². The third-order valence-electron chi connectivity index (χ3n) is 4.67. The standard InChI is InChI=1S/C17H22N2O2/c1-11(2)17(21)18-8-13-9-19(12(3)20)16-7-5-4-6-14(16)15(13)10-18/h4-7,11,13,15H,8-10H2,1-3H3/t13-,15+/m0/s1. The lowest BCUT2D eigenvalue weighted by atomic mass is 9.84. The van der Waals surface area contributed by atoms with Crippen molar-refractivity contribution in [3.63, 3.8) is 0 Å². The minimum atomic E-state index is 0.0318. The first kappa shape index (κ1) is 14.1. The van der Waals surface area contributed by atoms with Gasteiger partial charge >= 0.3 is 0 Å². The molecule has 4 heteroatoms. The second kappa shape index (κ2) is 5.17. The number of para-hydroxylation sites is 1. The fourth-order valence-corrected chi connectivity index (χ4v) is 3.63. The molecule has 1 aromatic carbocycles. The molecule has 112 valence electrons. The van der Waals surface area contributed by atoms with Gasteiger partial charge in [0.25, 0.3) is 0 Å². The Kier molecular flexibility index (Phi) is 3.47. The smallest absolute Gasteiger partial charge is 0.225 e. The number of hydrogen-bond acceptors (Lipinski definition) is 2. The van der Waals surface area contributed by atoms with Crippen molar-refractivity contribution in [2.75, 3.05) is 24.5 Å². The molecule has 0 aromatic heterocycles. The van der Waals surface area contributed by atoms with Crippen LogP contribution in [0.4, 0.5) is 5.69 Å². The summed E-state index contributed by atoms with van der Waals surface area (Å²) in [5.74, 6) is 1.04. The van der Waals surface area contributed by atoms with Gasteiger partial charge in [-0.15, -0.1) is 0 Å². The Morgan fingerprint density at radius 1 is 1.14 bits per heavy atom. The molecule has 1 fully saturated rings. The summed E-state index contributed by atoms with van der Waals surface area (Å²) < 4.78 is 0. The van der Waals surface area contributed by atoms with E-state index in [0.717, 1.165) is 25.3 Å². The molecular weight excluding hydrogens is 264 g/mol. The highest BCUT2D eigenvalue weighted by Gasteiger charge is 2.42. The Bertz CT molecular complexity index is 582. The van der Waals surface area contributed by atoms with E-state index in [2.05, 4.69) is 6.07 Å². The number of carbonyl (C=O) groups is 2. The van der Waals surface area contributed by atoms with Crippen LogP contribution in [0.1, 0.15) is 32.3 Å². The molecule has 2 aliphatic heterocycles. The summed E-state index contributed by atoms with van der Waals surface area (Å²) in [7, 11) is 0. The number of amides is 2. The normalized spacial score (nSPS) is 24.0. The Balaban J connectivity index is 1.93. The molecule has 0 N–H and O–H groups in total. The first-order chi connectivity index (χ1) is 9.99. The van der Waals surface area contributed by atoms with E-state index in [1.807, 2.05) is 41.8 Å². The van der Waals surface area contributed by atoms with Crippen LogP contribution in [0.5, 0.6) is 0 Å². The van der Waals surface area contributed by atoms with Crippen molar-refractivity contribution in [1.29, 1.82) is 0 Å². The van der Waals surface area contributed by atoms with Crippen molar-refractivity contribution in [1.82, 2.24) is 4.90 Å². The van der Waals surface area contributed by atoms with Gasteiger partial charge in [0.1, 0.15) is 0 Å². The van der Waals surface area contributed by atoms with E-state index in [-0.39, 0.29) is 17.7 Å². The first-order valence-corrected chi connectivity index (χ1v) is 7.65. The SMILES string of the molecule is CC(=O)N1C[C@@H]2CN(C(=O)C(C)C)C[C@H]2c2ccccc21. The number of hydrogen-bond donors (Lipinski definition) is 0. The monoisotopic (exact) mass is 286 g/mol. The van der Waals surface area contributed by atoms with Gasteiger partial charge in [-0.05, 0) is 11.6 Å². The van der Waals surface area contributed by atoms with E-state index in [0.29, 0.717) is 11.8 Å². The van der Waals surface area contributed by atoms with Gasteiger partial charge in [-0.25, -0.2) is 0 Å². The molecule has 3 rings (SSSR count). The molecule has 2 heterocycles. The van der Waals surface area contributed by atoms with Gasteiger partial charge in [0.2, 0.25) is 11.8 Å². The molecule has 1 saturated heterocycles. The molecule has 0 radical (unpaired) electrons. The van der Waals surface area contributed by atoms with E-state index in [9.17, 15) is 9.59 Å². The van der Waals surface area contributed by atoms with Gasteiger partial charge in [0.15, 0.2) is 0 Å². The van der Waals surface area contributed by atoms with Crippen LogP contribution in [0.15, 0.2) is 24.3 Å². The van der Waals surface area contributed by atoms with Crippen molar-refractivity contribution in [2.45, 2.75) is 26.7 Å². The fraction of sp³-hybridized carbons (Fsp3) is 0.529. The van der Waals surface area contributed by atoms with E-state index in [1.165, 1.54) is 5.56 Å². The van der Waals surface area contributed by atoms with Gasteiger partial charge in [0, 0.05) is 50.0 Å². The zero-order valence-electron chi connectivity index (χ0n) is 12.9. The van der Waals surface area contributed by atoms with Crippen LogP contribution in [0, 0.1) is 11.8 Å². The number of fused-ring (bicyclic) bond motifs is 3. The minimum absolute atomic E-state index is 0.0318. The van der Waals surface area contributed by atoms with Crippen molar-refractivity contribution in [3.05, 3.63) is 29.8 Å². The summed E-state index contributed by atoms with van der Waals surface area (Å²) in [6.45, 7) is 7.77. The minimum Gasteiger partial charge on any atom is -0.341 e. The molecule has 2 aliphatic rings. The number of anilines is 1. The number of likely N-dealkylation sites (tertiary alicyclic amines) is 1. The van der Waals surface area contributed by atoms with Gasteiger partial charge in [-0.1, -0.05) is 32.0 Å². The second-order valence-corrected chi connectivity index (χ2v) is 6.45. The molecule has 0 aliphatic carbocycles. The molecule has 0 unspecified atom stereocenters. The Hall–Kier alpha value is -1.84. The molecule has 21 heavy (non-hydrogen) atoms. The maximum absolute atomic E-state index is 12.3. The van der Waals surface area contributed by atoms with Gasteiger partial charge < -0.3 is 9.80 Å². The molecule has 2 amide bonds. The van der Waals surface area contributed by atoms with Crippen LogP contribution >= 0.6 is 0 Å². The fourth-order valence-electron chi connectivity index (χ4n) is 3.63. The lowest BCUT2D eigenvalue weighted by Gasteiger charge is -2.35. The number of carbonyl (C=O) groups excluding carboxylic acids is 2. The second-order valence-electron chi connectivity index (χ2n) is 6.45. The summed E-state index contributed by atoms with van der Waals surface area (Å²) in [5.41, 5.74) is 2.23. The zero-order chi connectivity index (χ0) is 15.1. The third kappa shape index (κ3) is 2.33. The summed E-state index contributed by atoms with van der Waals surface area (Å²) in [6, 6.07) is 8.11. The quantitative estimate of drug-likeness (QED) is 0.794. The van der Waals surface area contributed by atoms with Gasteiger partial charge in [-0.3, -0.25) is 9.59 Å². The van der Waals surface area contributed by atoms with Crippen LogP contribution in [-0.2, 0) is 9.59 Å². The number of benzene rings is 1. The average molecular weight is 286 g/mol. The maximum atomic E-state index is 12.3. The number of rotatable bonds is 1. The Labute approximate surface area is 125 Å². The van der Waals surface area contributed by atoms with Crippen molar-refractivity contribution < 1.29 is 9.59 Å². The summed E-state index contributed by atoms with van der Waals surface area (Å²) >= 11 is 0. The summed E-state index contributed by atoms with van der Waals surface area (Å²) in [4.78, 5) is 28.0. The van der Waals surface area contributed by atoms with Crippen LogP contribution in [0.25, 0.3) is 0 Å². The van der Waals surface area contributed by atoms with Gasteiger partial charge in [0.05, 0.1) is 0 Å². The lowest BCUT2D eigenvalue weighted by molar-refractivity contribution is -0.133. The van der Waals surface area contributed by atoms with Crippen molar-refractivity contribution >= 4 is 17.5 Å². The predicted octanol–water partition coefficient (Wildman–Crippen LogP) is 2.25. The third-order valence-corrected chi connectivity index (χ3v) is 4.67. The zero-order valence-corrected chi connectivity index (χ0v) is 12.9. The van der Waals surface area contributed by atoms with E-state index in [1.54, 1.807) is 6.92 Å². The molecular formula is C17H22N2O2. The summed E-state index contributed by atoms with van der Waals surface area (Å²) in [6.07, 6.45) is 0. The molecule has 0 saturated carbocycles. The average Bonchev–Trinajstić information content (AvgIpc) is 2.89. The highest BCUT2D eigenvalue weighted by atomic mass is 16.2. The lowest BCUT2D eigenvalue weighted by Crippen LogP contribution is -2.40. The largest absolute Gasteiger partial charge is 0.341 e. The Morgan fingerprint density at radius 2 is 1.86 bits per heavy atom. The van der Waals surface area contributed by atoms with E-state index in [4.69, 9.17) is 0 Å². The molecule has 0 spiro atoms. The van der Waals surface area contributed by atoms with Crippen LogP contribution < -0.4 is 4.90 Å².